The molecule has 0 aliphatic carbocycles. The minimum absolute atomic E-state index is 0.294. The highest BCUT2D eigenvalue weighted by Gasteiger charge is 2.28. The third-order valence-corrected chi connectivity index (χ3v) is 5.19. The van der Waals surface area contributed by atoms with Gasteiger partial charge in [0, 0.05) is 17.0 Å². The van der Waals surface area contributed by atoms with Crippen LogP contribution in [0.3, 0.4) is 0 Å². The van der Waals surface area contributed by atoms with E-state index in [1.54, 1.807) is 54.6 Å². The van der Waals surface area contributed by atoms with Gasteiger partial charge in [-0.3, -0.25) is 4.79 Å². The lowest BCUT2D eigenvalue weighted by Gasteiger charge is -2.25. The van der Waals surface area contributed by atoms with Gasteiger partial charge < -0.3 is 10.1 Å². The van der Waals surface area contributed by atoms with E-state index in [9.17, 15) is 9.59 Å². The number of hydrogen-bond donors (Lipinski definition) is 1. The summed E-state index contributed by atoms with van der Waals surface area (Å²) in [6.45, 7) is 0. The zero-order valence-electron chi connectivity index (χ0n) is 14.6. The number of amides is 1. The first-order valence-corrected chi connectivity index (χ1v) is 9.42. The van der Waals surface area contributed by atoms with Crippen LogP contribution in [0, 0.1) is 0 Å². The van der Waals surface area contributed by atoms with Crippen LogP contribution < -0.4 is 5.32 Å². The Morgan fingerprint density at radius 3 is 2.50 bits per heavy atom. The van der Waals surface area contributed by atoms with Crippen LogP contribution in [-0.4, -0.2) is 11.9 Å². The molecule has 1 atom stereocenters. The predicted octanol–water partition coefficient (Wildman–Crippen LogP) is 5.70. The van der Waals surface area contributed by atoms with E-state index in [0.29, 0.717) is 33.3 Å². The fraction of sp³-hybridized carbons (Fsp3) is 0.0909. The van der Waals surface area contributed by atoms with Crippen LogP contribution in [0.15, 0.2) is 66.7 Å². The van der Waals surface area contributed by atoms with Crippen molar-refractivity contribution in [2.45, 2.75) is 12.5 Å². The van der Waals surface area contributed by atoms with Crippen molar-refractivity contribution in [3.8, 4) is 0 Å². The van der Waals surface area contributed by atoms with Crippen LogP contribution in [0.25, 0.3) is 0 Å². The molecule has 0 radical (unpaired) electrons. The Hall–Kier alpha value is -2.82. The highest BCUT2D eigenvalue weighted by atomic mass is 35.5. The zero-order chi connectivity index (χ0) is 19.7. The summed E-state index contributed by atoms with van der Waals surface area (Å²) in [6, 6.07) is 19.2. The molecule has 0 saturated carbocycles. The summed E-state index contributed by atoms with van der Waals surface area (Å²) in [5, 5.41) is 3.87. The molecule has 4 rings (SSSR count). The maximum absolute atomic E-state index is 12.6. The number of esters is 1. The normalized spacial score (nSPS) is 15.5. The molecule has 140 valence electrons. The number of anilines is 1. The number of nitrogens with one attached hydrogen (secondary N) is 1. The average Bonchev–Trinajstić information content (AvgIpc) is 2.69. The monoisotopic (exact) mass is 411 g/mol. The van der Waals surface area contributed by atoms with E-state index in [4.69, 9.17) is 27.9 Å². The number of ether oxygens (including phenoxy) is 1. The van der Waals surface area contributed by atoms with Gasteiger partial charge in [-0.2, -0.15) is 0 Å². The van der Waals surface area contributed by atoms with Crippen LogP contribution >= 0.6 is 23.2 Å². The lowest BCUT2D eigenvalue weighted by molar-refractivity contribution is 0.0252. The number of hydrogen-bond acceptors (Lipinski definition) is 3. The van der Waals surface area contributed by atoms with Crippen molar-refractivity contribution in [2.75, 3.05) is 5.32 Å². The van der Waals surface area contributed by atoms with Crippen LogP contribution in [0.5, 0.6) is 0 Å². The predicted molar refractivity (Wildman–Crippen MR) is 109 cm³/mol. The number of benzene rings is 3. The molecule has 0 bridgehead atoms. The van der Waals surface area contributed by atoms with Crippen LogP contribution in [0.2, 0.25) is 10.0 Å². The van der Waals surface area contributed by atoms with Crippen LogP contribution in [-0.2, 0) is 11.2 Å². The average molecular weight is 412 g/mol. The number of para-hydroxylation sites is 1. The van der Waals surface area contributed by atoms with Crippen molar-refractivity contribution in [1.82, 2.24) is 0 Å². The first-order valence-electron chi connectivity index (χ1n) is 8.66. The molecule has 3 aromatic rings. The molecule has 0 aromatic heterocycles. The Balaban J connectivity index is 1.60. The molecule has 1 aliphatic rings. The minimum atomic E-state index is -0.417. The van der Waals surface area contributed by atoms with Crippen molar-refractivity contribution in [2.24, 2.45) is 0 Å². The highest BCUT2D eigenvalue weighted by Crippen LogP contribution is 2.32. The smallest absolute Gasteiger partial charge is 0.339 e. The minimum Gasteiger partial charge on any atom is -0.454 e. The molecule has 1 heterocycles. The summed E-state index contributed by atoms with van der Waals surface area (Å²) in [5.41, 5.74) is 3.07. The van der Waals surface area contributed by atoms with E-state index in [-0.39, 0.29) is 5.91 Å². The van der Waals surface area contributed by atoms with E-state index in [1.807, 2.05) is 12.1 Å². The van der Waals surface area contributed by atoms with Gasteiger partial charge in [-0.05, 0) is 53.6 Å². The molecule has 6 heteroatoms. The van der Waals surface area contributed by atoms with E-state index in [2.05, 4.69) is 5.32 Å². The molecule has 4 nitrogen and oxygen atoms in total. The molecule has 0 unspecified atom stereocenters. The quantitative estimate of drug-likeness (QED) is 0.562. The second-order valence-electron chi connectivity index (χ2n) is 6.46. The molecule has 1 aliphatic heterocycles. The summed E-state index contributed by atoms with van der Waals surface area (Å²) < 4.78 is 5.55. The van der Waals surface area contributed by atoms with E-state index in [0.717, 1.165) is 11.1 Å². The van der Waals surface area contributed by atoms with Gasteiger partial charge in [0.05, 0.1) is 16.3 Å². The number of halogens is 2. The second-order valence-corrected chi connectivity index (χ2v) is 7.30. The number of carbonyl (C=O) groups is 2. The van der Waals surface area contributed by atoms with Gasteiger partial charge in [-0.15, -0.1) is 0 Å². The SMILES string of the molecule is O=C(Nc1ccccc1Cl)c1ccc2c(c1)C[C@H](c1ccc(Cl)cc1)OC2=O. The molecule has 3 aromatic carbocycles. The topological polar surface area (TPSA) is 55.4 Å². The summed E-state index contributed by atoms with van der Waals surface area (Å²) in [5.74, 6) is -0.697. The van der Waals surface area contributed by atoms with Crippen LogP contribution in [0.4, 0.5) is 5.69 Å². The van der Waals surface area contributed by atoms with Gasteiger partial charge in [0.2, 0.25) is 0 Å². The number of rotatable bonds is 3. The number of carbonyl (C=O) groups excluding carboxylic acids is 2. The first kappa shape index (κ1) is 18.5. The third kappa shape index (κ3) is 3.75. The molecule has 1 amide bonds. The maximum atomic E-state index is 12.6. The first-order chi connectivity index (χ1) is 13.5. The van der Waals surface area contributed by atoms with E-state index >= 15 is 0 Å². The molecule has 28 heavy (non-hydrogen) atoms. The maximum Gasteiger partial charge on any atom is 0.339 e. The van der Waals surface area contributed by atoms with Crippen molar-refractivity contribution >= 4 is 40.8 Å². The summed E-state index contributed by atoms with van der Waals surface area (Å²) in [7, 11) is 0. The number of fused-ring (bicyclic) bond motifs is 1. The molecule has 0 fully saturated rings. The fourth-order valence-corrected chi connectivity index (χ4v) is 3.47. The van der Waals surface area contributed by atoms with E-state index in [1.165, 1.54) is 0 Å². The molecular weight excluding hydrogens is 397 g/mol. The Kier molecular flexibility index (Phi) is 5.07. The summed E-state index contributed by atoms with van der Waals surface area (Å²) in [6.07, 6.45) is 0.0646. The van der Waals surface area contributed by atoms with E-state index < -0.39 is 12.1 Å². The molecule has 0 saturated heterocycles. The van der Waals surface area contributed by atoms with Gasteiger partial charge in [0.1, 0.15) is 6.10 Å². The van der Waals surface area contributed by atoms with Crippen molar-refractivity contribution in [3.63, 3.8) is 0 Å². The van der Waals surface area contributed by atoms with Gasteiger partial charge in [-0.25, -0.2) is 4.79 Å². The second kappa shape index (κ2) is 7.66. The van der Waals surface area contributed by atoms with Crippen molar-refractivity contribution in [3.05, 3.63) is 99.0 Å². The zero-order valence-corrected chi connectivity index (χ0v) is 16.1. The van der Waals surface area contributed by atoms with Gasteiger partial charge in [-0.1, -0.05) is 47.5 Å². The fourth-order valence-electron chi connectivity index (χ4n) is 3.16. The largest absolute Gasteiger partial charge is 0.454 e. The van der Waals surface area contributed by atoms with Gasteiger partial charge in [0.15, 0.2) is 0 Å². The third-order valence-electron chi connectivity index (χ3n) is 4.61. The number of cyclic esters (lactones) is 1. The molecular formula is C22H15Cl2NO3. The molecule has 1 N–H and O–H groups in total. The van der Waals surface area contributed by atoms with Crippen molar-refractivity contribution < 1.29 is 14.3 Å². The summed E-state index contributed by atoms with van der Waals surface area (Å²) in [4.78, 5) is 25.0. The Morgan fingerprint density at radius 1 is 1.00 bits per heavy atom. The molecule has 0 spiro atoms. The Bertz CT molecular complexity index is 1060. The standard InChI is InChI=1S/C22H15Cl2NO3/c23-16-8-5-13(6-9-16)20-12-15-11-14(7-10-17(15)22(27)28-20)21(26)25-19-4-2-1-3-18(19)24/h1-11,20H,12H2,(H,25,26)/t20-/m1/s1. The lowest BCUT2D eigenvalue weighted by atomic mass is 9.93. The highest BCUT2D eigenvalue weighted by molar-refractivity contribution is 6.34. The lowest BCUT2D eigenvalue weighted by Crippen LogP contribution is -2.23. The Labute approximate surface area is 172 Å². The van der Waals surface area contributed by atoms with Crippen molar-refractivity contribution in [1.29, 1.82) is 0 Å². The van der Waals surface area contributed by atoms with Gasteiger partial charge >= 0.3 is 5.97 Å². The summed E-state index contributed by atoms with van der Waals surface area (Å²) >= 11 is 12.0. The van der Waals surface area contributed by atoms with Gasteiger partial charge in [0.25, 0.3) is 5.91 Å². The Morgan fingerprint density at radius 2 is 1.75 bits per heavy atom. The van der Waals surface area contributed by atoms with Crippen LogP contribution in [0.1, 0.15) is 37.9 Å².